The molecule has 0 aliphatic carbocycles. The van der Waals surface area contributed by atoms with Crippen LogP contribution < -0.4 is 5.32 Å². The molecule has 5 nitrogen and oxygen atoms in total. The largest absolute Gasteiger partial charge is 0.352 e. The Bertz CT molecular complexity index is 347. The number of carbonyl (C=O) groups is 2. The third-order valence-corrected chi connectivity index (χ3v) is 2.88. The van der Waals surface area contributed by atoms with Gasteiger partial charge in [0.05, 0.1) is 12.6 Å². The van der Waals surface area contributed by atoms with Gasteiger partial charge in [0.15, 0.2) is 0 Å². The number of amides is 2. The molecule has 0 fully saturated rings. The summed E-state index contributed by atoms with van der Waals surface area (Å²) in [5.41, 5.74) is -1.05. The Morgan fingerprint density at radius 3 is 2.28 bits per heavy atom. The van der Waals surface area contributed by atoms with E-state index in [0.717, 1.165) is 0 Å². The van der Waals surface area contributed by atoms with Crippen LogP contribution in [0.1, 0.15) is 41.0 Å². The summed E-state index contributed by atoms with van der Waals surface area (Å²) < 4.78 is 0. The molecule has 0 spiro atoms. The zero-order chi connectivity index (χ0) is 14.3. The first-order valence-electron chi connectivity index (χ1n) is 6.30. The van der Waals surface area contributed by atoms with Gasteiger partial charge in [-0.2, -0.15) is 5.26 Å². The van der Waals surface area contributed by atoms with E-state index in [9.17, 15) is 9.59 Å². The van der Waals surface area contributed by atoms with Gasteiger partial charge in [-0.25, -0.2) is 0 Å². The van der Waals surface area contributed by atoms with Crippen molar-refractivity contribution in [1.29, 1.82) is 5.26 Å². The summed E-state index contributed by atoms with van der Waals surface area (Å²) in [6.45, 7) is 9.35. The predicted octanol–water partition coefficient (Wildman–Crippen LogP) is 1.30. The van der Waals surface area contributed by atoms with Crippen molar-refractivity contribution in [3.05, 3.63) is 0 Å². The van der Waals surface area contributed by atoms with Crippen molar-refractivity contribution in [3.8, 4) is 6.07 Å². The molecule has 0 aliphatic heterocycles. The Kier molecular flexibility index (Phi) is 6.39. The topological polar surface area (TPSA) is 73.2 Å². The summed E-state index contributed by atoms with van der Waals surface area (Å²) in [7, 11) is 0. The monoisotopic (exact) mass is 253 g/mol. The van der Waals surface area contributed by atoms with E-state index in [1.165, 1.54) is 4.90 Å². The number of carbonyl (C=O) groups excluding carboxylic acids is 2. The van der Waals surface area contributed by atoms with Crippen LogP contribution in [-0.4, -0.2) is 35.8 Å². The van der Waals surface area contributed by atoms with Gasteiger partial charge in [-0.3, -0.25) is 9.59 Å². The normalized spacial score (nSPS) is 13.6. The molecule has 1 atom stereocenters. The third-order valence-electron chi connectivity index (χ3n) is 2.88. The number of nitriles is 1. The van der Waals surface area contributed by atoms with Crippen LogP contribution in [0.5, 0.6) is 0 Å². The number of rotatable bonds is 6. The number of likely N-dealkylation sites (N-methyl/N-ethyl adjacent to an activating group) is 1. The Morgan fingerprint density at radius 1 is 1.39 bits per heavy atom. The van der Waals surface area contributed by atoms with Crippen LogP contribution in [-0.2, 0) is 9.59 Å². The molecule has 18 heavy (non-hydrogen) atoms. The van der Waals surface area contributed by atoms with Crippen molar-refractivity contribution >= 4 is 11.8 Å². The average molecular weight is 253 g/mol. The molecule has 0 aromatic heterocycles. The van der Waals surface area contributed by atoms with E-state index >= 15 is 0 Å². The maximum absolute atomic E-state index is 12.2. The smallest absolute Gasteiger partial charge is 0.243 e. The molecule has 0 rings (SSSR count). The maximum atomic E-state index is 12.2. The van der Waals surface area contributed by atoms with E-state index in [2.05, 4.69) is 5.32 Å². The molecule has 0 aromatic rings. The molecule has 0 saturated heterocycles. The molecule has 0 aromatic carbocycles. The SMILES string of the molecule is CCN(CC(=O)NC(C)C)C(=O)C(C)(C#N)CC. The molecule has 0 saturated carbocycles. The first kappa shape index (κ1) is 16.4. The van der Waals surface area contributed by atoms with Gasteiger partial charge in [0.25, 0.3) is 0 Å². The molecular weight excluding hydrogens is 230 g/mol. The number of hydrogen-bond donors (Lipinski definition) is 1. The van der Waals surface area contributed by atoms with Gasteiger partial charge in [0.1, 0.15) is 5.41 Å². The highest BCUT2D eigenvalue weighted by atomic mass is 16.2. The first-order chi connectivity index (χ1) is 8.30. The zero-order valence-corrected chi connectivity index (χ0v) is 11.9. The minimum absolute atomic E-state index is 0.00475. The first-order valence-corrected chi connectivity index (χ1v) is 6.30. The van der Waals surface area contributed by atoms with Gasteiger partial charge in [0, 0.05) is 12.6 Å². The standard InChI is InChI=1S/C13H23N3O2/c1-6-13(5,9-14)12(18)16(7-2)8-11(17)15-10(3)4/h10H,6-8H2,1-5H3,(H,15,17). The van der Waals surface area contributed by atoms with E-state index < -0.39 is 5.41 Å². The third kappa shape index (κ3) is 4.36. The van der Waals surface area contributed by atoms with Crippen LogP contribution in [0.4, 0.5) is 0 Å². The minimum atomic E-state index is -1.05. The van der Waals surface area contributed by atoms with E-state index in [0.29, 0.717) is 13.0 Å². The zero-order valence-electron chi connectivity index (χ0n) is 11.9. The molecule has 0 radical (unpaired) electrons. The highest BCUT2D eigenvalue weighted by molar-refractivity contribution is 5.89. The second-order valence-electron chi connectivity index (χ2n) is 4.84. The Morgan fingerprint density at radius 2 is 1.94 bits per heavy atom. The number of hydrogen-bond acceptors (Lipinski definition) is 3. The van der Waals surface area contributed by atoms with Gasteiger partial charge < -0.3 is 10.2 Å². The quantitative estimate of drug-likeness (QED) is 0.775. The summed E-state index contributed by atoms with van der Waals surface area (Å²) in [4.78, 5) is 25.3. The van der Waals surface area contributed by atoms with Crippen molar-refractivity contribution in [2.45, 2.75) is 47.1 Å². The second-order valence-corrected chi connectivity index (χ2v) is 4.84. The predicted molar refractivity (Wildman–Crippen MR) is 69.5 cm³/mol. The van der Waals surface area contributed by atoms with Crippen LogP contribution in [0, 0.1) is 16.7 Å². The Hall–Kier alpha value is -1.57. The van der Waals surface area contributed by atoms with Crippen LogP contribution in [0.3, 0.4) is 0 Å². The second kappa shape index (κ2) is 7.00. The summed E-state index contributed by atoms with van der Waals surface area (Å²) in [5.74, 6) is -0.481. The van der Waals surface area contributed by atoms with Crippen LogP contribution in [0.15, 0.2) is 0 Å². The fourth-order valence-corrected chi connectivity index (χ4v) is 1.50. The Balaban J connectivity index is 4.75. The highest BCUT2D eigenvalue weighted by Gasteiger charge is 2.35. The summed E-state index contributed by atoms with van der Waals surface area (Å²) >= 11 is 0. The lowest BCUT2D eigenvalue weighted by atomic mass is 9.87. The number of nitrogens with one attached hydrogen (secondary N) is 1. The van der Waals surface area contributed by atoms with Crippen molar-refractivity contribution in [2.24, 2.45) is 5.41 Å². The van der Waals surface area contributed by atoms with Gasteiger partial charge in [0.2, 0.25) is 11.8 Å². The van der Waals surface area contributed by atoms with E-state index in [1.54, 1.807) is 20.8 Å². The highest BCUT2D eigenvalue weighted by Crippen LogP contribution is 2.22. The van der Waals surface area contributed by atoms with E-state index in [4.69, 9.17) is 5.26 Å². The van der Waals surface area contributed by atoms with Crippen molar-refractivity contribution in [1.82, 2.24) is 10.2 Å². The Labute approximate surface area is 109 Å². The summed E-state index contributed by atoms with van der Waals surface area (Å²) in [5, 5.41) is 11.8. The van der Waals surface area contributed by atoms with E-state index in [-0.39, 0.29) is 24.4 Å². The van der Waals surface area contributed by atoms with E-state index in [1.807, 2.05) is 19.9 Å². The van der Waals surface area contributed by atoms with Gasteiger partial charge in [-0.05, 0) is 34.1 Å². The number of nitrogens with zero attached hydrogens (tertiary/aromatic N) is 2. The molecule has 0 heterocycles. The summed E-state index contributed by atoms with van der Waals surface area (Å²) in [6.07, 6.45) is 0.435. The minimum Gasteiger partial charge on any atom is -0.352 e. The molecule has 0 aliphatic rings. The molecule has 2 amide bonds. The van der Waals surface area contributed by atoms with Crippen molar-refractivity contribution in [2.75, 3.05) is 13.1 Å². The molecular formula is C13H23N3O2. The fourth-order valence-electron chi connectivity index (χ4n) is 1.50. The lowest BCUT2D eigenvalue weighted by molar-refractivity contribution is -0.141. The maximum Gasteiger partial charge on any atom is 0.243 e. The van der Waals surface area contributed by atoms with Gasteiger partial charge in [-0.1, -0.05) is 6.92 Å². The lowest BCUT2D eigenvalue weighted by Gasteiger charge is -2.28. The van der Waals surface area contributed by atoms with Crippen LogP contribution >= 0.6 is 0 Å². The molecule has 0 bridgehead atoms. The average Bonchev–Trinajstić information content (AvgIpc) is 2.33. The summed E-state index contributed by atoms with van der Waals surface area (Å²) in [6, 6.07) is 2.08. The van der Waals surface area contributed by atoms with Gasteiger partial charge in [-0.15, -0.1) is 0 Å². The fraction of sp³-hybridized carbons (Fsp3) is 0.769. The molecule has 1 unspecified atom stereocenters. The van der Waals surface area contributed by atoms with Gasteiger partial charge >= 0.3 is 0 Å². The molecule has 102 valence electrons. The molecule has 5 heteroatoms. The lowest BCUT2D eigenvalue weighted by Crippen LogP contribution is -2.47. The van der Waals surface area contributed by atoms with Crippen LogP contribution in [0.25, 0.3) is 0 Å². The van der Waals surface area contributed by atoms with Crippen LogP contribution in [0.2, 0.25) is 0 Å². The van der Waals surface area contributed by atoms with Crippen molar-refractivity contribution < 1.29 is 9.59 Å². The molecule has 1 N–H and O–H groups in total. The van der Waals surface area contributed by atoms with Crippen molar-refractivity contribution in [3.63, 3.8) is 0 Å².